The minimum absolute atomic E-state index is 0.151. The number of nitrogens with zero attached hydrogens (tertiary/aromatic N) is 3. The largest absolute Gasteiger partial charge is 0.384 e. The minimum Gasteiger partial charge on any atom is -0.384 e. The third-order valence-corrected chi connectivity index (χ3v) is 3.55. The van der Waals surface area contributed by atoms with E-state index in [9.17, 15) is 4.79 Å². The molecule has 1 aromatic carbocycles. The lowest BCUT2D eigenvalue weighted by Crippen LogP contribution is -2.14. The number of anilines is 2. The van der Waals surface area contributed by atoms with Gasteiger partial charge in [-0.1, -0.05) is 23.9 Å². The number of nitrogen functional groups attached to an aromatic ring is 1. The van der Waals surface area contributed by atoms with Gasteiger partial charge in [-0.25, -0.2) is 9.97 Å². The molecule has 0 saturated carbocycles. The number of aryl methyl sites for hydroxylation is 1. The molecule has 1 aromatic heterocycles. The maximum Gasteiger partial charge on any atom is 0.234 e. The Morgan fingerprint density at radius 3 is 2.73 bits per heavy atom. The zero-order valence-electron chi connectivity index (χ0n) is 12.0. The molecular formula is C15H15N5OS. The van der Waals surface area contributed by atoms with Crippen molar-refractivity contribution in [3.05, 3.63) is 41.6 Å². The number of rotatable bonds is 5. The molecule has 22 heavy (non-hydrogen) atoms. The molecule has 0 atom stereocenters. The van der Waals surface area contributed by atoms with Gasteiger partial charge in [0.25, 0.3) is 0 Å². The number of carbonyl (C=O) groups is 1. The molecule has 7 heteroatoms. The molecule has 0 aliphatic heterocycles. The average molecular weight is 313 g/mol. The highest BCUT2D eigenvalue weighted by Crippen LogP contribution is 2.16. The Hall–Kier alpha value is -2.59. The SMILES string of the molecule is Cc1cc(N)nc(SCC(=O)Nc2ccc(CC#N)cc2)n1. The molecule has 1 heterocycles. The summed E-state index contributed by atoms with van der Waals surface area (Å²) >= 11 is 1.23. The first-order chi connectivity index (χ1) is 10.6. The van der Waals surface area contributed by atoms with Gasteiger partial charge in [0.2, 0.25) is 5.91 Å². The molecule has 0 unspecified atom stereocenters. The van der Waals surface area contributed by atoms with Gasteiger partial charge in [-0.05, 0) is 24.6 Å². The van der Waals surface area contributed by atoms with Crippen molar-refractivity contribution in [3.63, 3.8) is 0 Å². The van der Waals surface area contributed by atoms with Crippen LogP contribution in [0, 0.1) is 18.3 Å². The van der Waals surface area contributed by atoms with E-state index in [4.69, 9.17) is 11.0 Å². The Labute approximate surface area is 132 Å². The topological polar surface area (TPSA) is 105 Å². The Morgan fingerprint density at radius 2 is 2.09 bits per heavy atom. The highest BCUT2D eigenvalue weighted by atomic mass is 32.2. The molecule has 112 valence electrons. The Balaban J connectivity index is 1.88. The summed E-state index contributed by atoms with van der Waals surface area (Å²) < 4.78 is 0. The summed E-state index contributed by atoms with van der Waals surface area (Å²) in [6.07, 6.45) is 0.357. The summed E-state index contributed by atoms with van der Waals surface area (Å²) in [5.41, 5.74) is 8.01. The van der Waals surface area contributed by atoms with Gasteiger partial charge in [0.05, 0.1) is 18.2 Å². The highest BCUT2D eigenvalue weighted by Gasteiger charge is 2.07. The smallest absolute Gasteiger partial charge is 0.234 e. The van der Waals surface area contributed by atoms with E-state index in [1.165, 1.54) is 11.8 Å². The second-order valence-corrected chi connectivity index (χ2v) is 5.53. The zero-order valence-corrected chi connectivity index (χ0v) is 12.9. The Morgan fingerprint density at radius 1 is 1.36 bits per heavy atom. The number of nitrogens with two attached hydrogens (primary N) is 1. The lowest BCUT2D eigenvalue weighted by molar-refractivity contribution is -0.113. The fourth-order valence-electron chi connectivity index (χ4n) is 1.75. The summed E-state index contributed by atoms with van der Waals surface area (Å²) in [6, 6.07) is 10.9. The predicted octanol–water partition coefficient (Wildman–Crippen LogP) is 2.16. The van der Waals surface area contributed by atoms with Crippen LogP contribution >= 0.6 is 11.8 Å². The number of thioether (sulfide) groups is 1. The number of nitriles is 1. The zero-order chi connectivity index (χ0) is 15.9. The van der Waals surface area contributed by atoms with Gasteiger partial charge >= 0.3 is 0 Å². The van der Waals surface area contributed by atoms with Crippen LogP contribution in [0.3, 0.4) is 0 Å². The third kappa shape index (κ3) is 4.75. The lowest BCUT2D eigenvalue weighted by Gasteiger charge is -2.06. The van der Waals surface area contributed by atoms with Gasteiger partial charge in [-0.3, -0.25) is 4.79 Å². The van der Waals surface area contributed by atoms with Crippen LogP contribution in [0.2, 0.25) is 0 Å². The summed E-state index contributed by atoms with van der Waals surface area (Å²) in [4.78, 5) is 20.2. The van der Waals surface area contributed by atoms with E-state index in [1.807, 2.05) is 19.1 Å². The molecule has 2 rings (SSSR count). The van der Waals surface area contributed by atoms with Crippen molar-refractivity contribution in [3.8, 4) is 6.07 Å². The van der Waals surface area contributed by atoms with Crippen LogP contribution in [-0.4, -0.2) is 21.6 Å². The Kier molecular flexibility index (Phi) is 5.33. The molecule has 0 saturated heterocycles. The standard InChI is InChI=1S/C15H15N5OS/c1-10-8-13(17)20-15(18-10)22-9-14(21)19-12-4-2-11(3-5-12)6-7-16/h2-5,8H,6,9H2,1H3,(H,19,21)(H2,17,18,20). The molecule has 3 N–H and O–H groups in total. The highest BCUT2D eigenvalue weighted by molar-refractivity contribution is 7.99. The quantitative estimate of drug-likeness (QED) is 0.647. The number of aromatic nitrogens is 2. The van der Waals surface area contributed by atoms with E-state index < -0.39 is 0 Å². The van der Waals surface area contributed by atoms with Crippen LogP contribution in [0.4, 0.5) is 11.5 Å². The van der Waals surface area contributed by atoms with Crippen molar-refractivity contribution in [2.75, 3.05) is 16.8 Å². The van der Waals surface area contributed by atoms with E-state index in [0.717, 1.165) is 11.3 Å². The third-order valence-electron chi connectivity index (χ3n) is 2.71. The van der Waals surface area contributed by atoms with Crippen LogP contribution in [0.25, 0.3) is 0 Å². The maximum atomic E-state index is 11.9. The van der Waals surface area contributed by atoms with Crippen molar-refractivity contribution < 1.29 is 4.79 Å². The fourth-order valence-corrected chi connectivity index (χ4v) is 2.46. The van der Waals surface area contributed by atoms with Gasteiger partial charge in [0, 0.05) is 17.4 Å². The molecule has 0 aliphatic rings. The van der Waals surface area contributed by atoms with Gasteiger partial charge in [0.1, 0.15) is 5.82 Å². The van der Waals surface area contributed by atoms with Crippen molar-refractivity contribution in [1.82, 2.24) is 9.97 Å². The number of carbonyl (C=O) groups excluding carboxylic acids is 1. The summed E-state index contributed by atoms with van der Waals surface area (Å²) in [5.74, 6) is 0.438. The second-order valence-electron chi connectivity index (χ2n) is 4.59. The molecule has 0 fully saturated rings. The molecule has 1 amide bonds. The Bertz CT molecular complexity index is 689. The van der Waals surface area contributed by atoms with Crippen LogP contribution in [0.1, 0.15) is 11.3 Å². The van der Waals surface area contributed by atoms with Crippen LogP contribution in [0.5, 0.6) is 0 Å². The van der Waals surface area contributed by atoms with E-state index in [1.54, 1.807) is 18.2 Å². The van der Waals surface area contributed by atoms with Crippen molar-refractivity contribution >= 4 is 29.2 Å². The fraction of sp³-hybridized carbons (Fsp3) is 0.200. The van der Waals surface area contributed by atoms with Gasteiger partial charge in [-0.15, -0.1) is 0 Å². The first kappa shape index (κ1) is 15.8. The lowest BCUT2D eigenvalue weighted by atomic mass is 10.1. The maximum absolute atomic E-state index is 11.9. The summed E-state index contributed by atoms with van der Waals surface area (Å²) in [7, 11) is 0. The number of hydrogen-bond acceptors (Lipinski definition) is 6. The molecule has 0 radical (unpaired) electrons. The molecule has 0 spiro atoms. The molecule has 0 bridgehead atoms. The van der Waals surface area contributed by atoms with Gasteiger partial charge < -0.3 is 11.1 Å². The molecule has 0 aliphatic carbocycles. The van der Waals surface area contributed by atoms with E-state index in [0.29, 0.717) is 23.1 Å². The summed E-state index contributed by atoms with van der Waals surface area (Å²) in [5, 5.41) is 11.9. The molecule has 6 nitrogen and oxygen atoms in total. The normalized spacial score (nSPS) is 10.0. The minimum atomic E-state index is -0.151. The van der Waals surface area contributed by atoms with Crippen molar-refractivity contribution in [2.45, 2.75) is 18.5 Å². The number of amides is 1. The first-order valence-corrected chi connectivity index (χ1v) is 7.55. The van der Waals surface area contributed by atoms with Gasteiger partial charge in [0.15, 0.2) is 5.16 Å². The van der Waals surface area contributed by atoms with Crippen LogP contribution in [0.15, 0.2) is 35.5 Å². The van der Waals surface area contributed by atoms with Crippen molar-refractivity contribution in [2.24, 2.45) is 0 Å². The van der Waals surface area contributed by atoms with E-state index in [-0.39, 0.29) is 11.7 Å². The number of hydrogen-bond donors (Lipinski definition) is 2. The van der Waals surface area contributed by atoms with Crippen LogP contribution < -0.4 is 11.1 Å². The number of nitrogens with one attached hydrogen (secondary N) is 1. The number of benzene rings is 1. The first-order valence-electron chi connectivity index (χ1n) is 6.56. The average Bonchev–Trinajstić information content (AvgIpc) is 2.47. The molecule has 2 aromatic rings. The van der Waals surface area contributed by atoms with E-state index >= 15 is 0 Å². The van der Waals surface area contributed by atoms with E-state index in [2.05, 4.69) is 21.4 Å². The molecular weight excluding hydrogens is 298 g/mol. The monoisotopic (exact) mass is 313 g/mol. The van der Waals surface area contributed by atoms with Gasteiger partial charge in [-0.2, -0.15) is 5.26 Å². The van der Waals surface area contributed by atoms with Crippen molar-refractivity contribution in [1.29, 1.82) is 5.26 Å². The van der Waals surface area contributed by atoms with Crippen LogP contribution in [-0.2, 0) is 11.2 Å². The second kappa shape index (κ2) is 7.43. The summed E-state index contributed by atoms with van der Waals surface area (Å²) in [6.45, 7) is 1.82. The predicted molar refractivity (Wildman–Crippen MR) is 86.3 cm³/mol.